The summed E-state index contributed by atoms with van der Waals surface area (Å²) in [5, 5.41) is 2.57. The Morgan fingerprint density at radius 3 is 2.47 bits per heavy atom. The first-order chi connectivity index (χ1) is 7.02. The molecule has 1 aliphatic rings. The topological polar surface area (TPSA) is 58.4 Å². The lowest BCUT2D eigenvalue weighted by molar-refractivity contribution is -0.146. The molecule has 0 radical (unpaired) electrons. The lowest BCUT2D eigenvalue weighted by atomic mass is 10.0. The van der Waals surface area contributed by atoms with Gasteiger partial charge >= 0.3 is 5.97 Å². The molecule has 1 amide bonds. The highest BCUT2D eigenvalue weighted by Crippen LogP contribution is 2.26. The molecule has 1 N–H and O–H groups in total. The minimum absolute atomic E-state index is 0.0375. The van der Waals surface area contributed by atoms with E-state index in [9.17, 15) is 9.59 Å². The van der Waals surface area contributed by atoms with Crippen LogP contribution in [0.4, 0.5) is 0 Å². The van der Waals surface area contributed by atoms with E-state index in [1.807, 2.05) is 18.7 Å². The molecule has 0 spiro atoms. The smallest absolute Gasteiger partial charge is 0.323 e. The number of rotatable bonds is 4. The number of nitrogens with one attached hydrogen (secondary N) is 1. The standard InChI is InChI=1S/C10H18N2O3/c1-6(2)8(10(14)15-4)12-5-7(12)9(13)11-3/h6-8H,5H2,1-4H3,(H,11,13)/t7?,8-,12?/m0/s1. The number of amides is 1. The third-order valence-electron chi connectivity index (χ3n) is 2.63. The normalized spacial score (nSPS) is 25.9. The van der Waals surface area contributed by atoms with Crippen LogP contribution in [-0.2, 0) is 14.3 Å². The maximum Gasteiger partial charge on any atom is 0.323 e. The Labute approximate surface area is 89.8 Å². The molecule has 0 aromatic carbocycles. The molecule has 0 saturated carbocycles. The van der Waals surface area contributed by atoms with Gasteiger partial charge in [0.1, 0.15) is 12.1 Å². The van der Waals surface area contributed by atoms with Crippen LogP contribution < -0.4 is 5.32 Å². The molecule has 1 fully saturated rings. The maximum absolute atomic E-state index is 11.5. The molecule has 5 heteroatoms. The van der Waals surface area contributed by atoms with Crippen molar-refractivity contribution in [3.05, 3.63) is 0 Å². The third kappa shape index (κ3) is 2.47. The SMILES string of the molecule is CNC(=O)C1CN1[C@H](C(=O)OC)C(C)C. The predicted octanol–water partition coefficient (Wildman–Crippen LogP) is -0.386. The molecule has 0 aliphatic carbocycles. The second-order valence-electron chi connectivity index (χ2n) is 4.04. The molecule has 3 atom stereocenters. The summed E-state index contributed by atoms with van der Waals surface area (Å²) in [5.41, 5.74) is 0. The van der Waals surface area contributed by atoms with Gasteiger partial charge in [-0.05, 0) is 5.92 Å². The zero-order valence-corrected chi connectivity index (χ0v) is 9.61. The average molecular weight is 214 g/mol. The zero-order valence-electron chi connectivity index (χ0n) is 9.61. The fraction of sp³-hybridized carbons (Fsp3) is 0.800. The highest BCUT2D eigenvalue weighted by atomic mass is 16.5. The van der Waals surface area contributed by atoms with E-state index in [0.29, 0.717) is 6.54 Å². The van der Waals surface area contributed by atoms with Gasteiger partial charge in [-0.25, -0.2) is 0 Å². The molecule has 1 saturated heterocycles. The Bertz CT molecular complexity index is 265. The number of nitrogens with zero attached hydrogens (tertiary/aromatic N) is 1. The van der Waals surface area contributed by atoms with Gasteiger partial charge in [-0.15, -0.1) is 0 Å². The summed E-state index contributed by atoms with van der Waals surface area (Å²) in [6, 6.07) is -0.473. The van der Waals surface area contributed by atoms with Gasteiger partial charge in [-0.3, -0.25) is 14.5 Å². The summed E-state index contributed by atoms with van der Waals surface area (Å²) in [7, 11) is 2.97. The van der Waals surface area contributed by atoms with Crippen molar-refractivity contribution < 1.29 is 14.3 Å². The van der Waals surface area contributed by atoms with Crippen LogP contribution in [0.3, 0.4) is 0 Å². The van der Waals surface area contributed by atoms with Crippen LogP contribution in [0, 0.1) is 5.92 Å². The number of ether oxygens (including phenoxy) is 1. The van der Waals surface area contributed by atoms with E-state index in [1.54, 1.807) is 7.05 Å². The lowest BCUT2D eigenvalue weighted by Gasteiger charge is -2.19. The van der Waals surface area contributed by atoms with Crippen LogP contribution in [0.15, 0.2) is 0 Å². The van der Waals surface area contributed by atoms with E-state index >= 15 is 0 Å². The van der Waals surface area contributed by atoms with Gasteiger partial charge in [0.05, 0.1) is 7.11 Å². The van der Waals surface area contributed by atoms with Gasteiger partial charge in [-0.2, -0.15) is 0 Å². The number of esters is 1. The van der Waals surface area contributed by atoms with Gasteiger partial charge in [0, 0.05) is 13.6 Å². The minimum atomic E-state index is -0.308. The molecule has 2 unspecified atom stereocenters. The predicted molar refractivity (Wildman–Crippen MR) is 55.2 cm³/mol. The van der Waals surface area contributed by atoms with Crippen molar-refractivity contribution >= 4 is 11.9 Å². The van der Waals surface area contributed by atoms with Crippen LogP contribution >= 0.6 is 0 Å². The number of likely N-dealkylation sites (N-methyl/N-ethyl adjacent to an activating group) is 1. The molecule has 1 rings (SSSR count). The van der Waals surface area contributed by atoms with Crippen molar-refractivity contribution in [2.75, 3.05) is 20.7 Å². The first kappa shape index (κ1) is 12.0. The molecule has 1 aliphatic heterocycles. The quantitative estimate of drug-likeness (QED) is 0.511. The highest BCUT2D eigenvalue weighted by molar-refractivity contribution is 5.86. The largest absolute Gasteiger partial charge is 0.468 e. The number of hydrogen-bond acceptors (Lipinski definition) is 4. The summed E-state index contributed by atoms with van der Waals surface area (Å²) < 4.78 is 4.72. The maximum atomic E-state index is 11.5. The minimum Gasteiger partial charge on any atom is -0.468 e. The van der Waals surface area contributed by atoms with E-state index < -0.39 is 0 Å². The van der Waals surface area contributed by atoms with Crippen LogP contribution in [0.2, 0.25) is 0 Å². The molecule has 15 heavy (non-hydrogen) atoms. The highest BCUT2D eigenvalue weighted by Gasteiger charge is 2.48. The van der Waals surface area contributed by atoms with Crippen molar-refractivity contribution in [3.63, 3.8) is 0 Å². The molecule has 5 nitrogen and oxygen atoms in total. The van der Waals surface area contributed by atoms with Crippen molar-refractivity contribution in [3.8, 4) is 0 Å². The van der Waals surface area contributed by atoms with Crippen molar-refractivity contribution in [2.24, 2.45) is 5.92 Å². The molecule has 0 aromatic heterocycles. The van der Waals surface area contributed by atoms with Gasteiger partial charge in [0.2, 0.25) is 5.91 Å². The van der Waals surface area contributed by atoms with Crippen LogP contribution in [0.1, 0.15) is 13.8 Å². The summed E-state index contributed by atoms with van der Waals surface area (Å²) in [6.45, 7) is 4.53. The molecule has 0 aromatic rings. The van der Waals surface area contributed by atoms with E-state index in [1.165, 1.54) is 7.11 Å². The molecular weight excluding hydrogens is 196 g/mol. The van der Waals surface area contributed by atoms with Crippen molar-refractivity contribution in [2.45, 2.75) is 25.9 Å². The number of carbonyl (C=O) groups is 2. The third-order valence-corrected chi connectivity index (χ3v) is 2.63. The van der Waals surface area contributed by atoms with Gasteiger partial charge < -0.3 is 10.1 Å². The van der Waals surface area contributed by atoms with Crippen molar-refractivity contribution in [1.82, 2.24) is 10.2 Å². The van der Waals surface area contributed by atoms with E-state index in [4.69, 9.17) is 4.74 Å². The summed E-state index contributed by atoms with van der Waals surface area (Å²) in [5.74, 6) is -0.159. The van der Waals surface area contributed by atoms with Crippen LogP contribution in [0.5, 0.6) is 0 Å². The Hall–Kier alpha value is -1.10. The zero-order chi connectivity index (χ0) is 11.6. The van der Waals surface area contributed by atoms with Gasteiger partial charge in [-0.1, -0.05) is 13.8 Å². The summed E-state index contributed by atoms with van der Waals surface area (Å²) >= 11 is 0. The molecule has 1 heterocycles. The lowest BCUT2D eigenvalue weighted by Crippen LogP contribution is -2.38. The molecule has 86 valence electrons. The summed E-state index contributed by atoms with van der Waals surface area (Å²) in [4.78, 5) is 24.7. The van der Waals surface area contributed by atoms with Crippen LogP contribution in [0.25, 0.3) is 0 Å². The van der Waals surface area contributed by atoms with E-state index in [2.05, 4.69) is 5.32 Å². The first-order valence-corrected chi connectivity index (χ1v) is 5.08. The van der Waals surface area contributed by atoms with Crippen LogP contribution in [-0.4, -0.2) is 49.6 Å². The number of methoxy groups -OCH3 is 1. The second kappa shape index (κ2) is 4.61. The Morgan fingerprint density at radius 1 is 1.47 bits per heavy atom. The fourth-order valence-corrected chi connectivity index (χ4v) is 1.77. The Kier molecular flexibility index (Phi) is 3.68. The summed E-state index contributed by atoms with van der Waals surface area (Å²) in [6.07, 6.45) is 0. The number of carbonyl (C=O) groups excluding carboxylic acids is 2. The molecular formula is C10H18N2O3. The van der Waals surface area contributed by atoms with Gasteiger partial charge in [0.25, 0.3) is 0 Å². The van der Waals surface area contributed by atoms with E-state index in [-0.39, 0.29) is 29.9 Å². The van der Waals surface area contributed by atoms with Gasteiger partial charge in [0.15, 0.2) is 0 Å². The first-order valence-electron chi connectivity index (χ1n) is 5.08. The Balaban J connectivity index is 2.62. The molecule has 0 bridgehead atoms. The average Bonchev–Trinajstić information content (AvgIpc) is 2.96. The monoisotopic (exact) mass is 214 g/mol. The Morgan fingerprint density at radius 2 is 2.07 bits per heavy atom. The fourth-order valence-electron chi connectivity index (χ4n) is 1.77. The second-order valence-corrected chi connectivity index (χ2v) is 4.04. The number of hydrogen-bond donors (Lipinski definition) is 1. The van der Waals surface area contributed by atoms with E-state index in [0.717, 1.165) is 0 Å². The van der Waals surface area contributed by atoms with Crippen molar-refractivity contribution in [1.29, 1.82) is 0 Å².